The highest BCUT2D eigenvalue weighted by molar-refractivity contribution is 7.89. The van der Waals surface area contributed by atoms with Crippen LogP contribution in [0.1, 0.15) is 32.6 Å². The van der Waals surface area contributed by atoms with Gasteiger partial charge < -0.3 is 5.32 Å². The third-order valence-electron chi connectivity index (χ3n) is 3.74. The van der Waals surface area contributed by atoms with Gasteiger partial charge in [-0.25, -0.2) is 13.1 Å². The molecule has 0 aromatic heterocycles. The number of hydrogen-bond acceptors (Lipinski definition) is 3. The molecule has 0 aliphatic heterocycles. The zero-order chi connectivity index (χ0) is 13.9. The summed E-state index contributed by atoms with van der Waals surface area (Å²) >= 11 is 0. The van der Waals surface area contributed by atoms with Gasteiger partial charge in [-0.15, -0.1) is 0 Å². The fraction of sp³-hybridized carbons (Fsp3) is 0.571. The fourth-order valence-corrected chi connectivity index (χ4v) is 3.61. The highest BCUT2D eigenvalue weighted by Gasteiger charge is 2.22. The number of sulfonamides is 1. The third-order valence-corrected chi connectivity index (χ3v) is 5.21. The second kappa shape index (κ2) is 5.92. The molecule has 1 aromatic rings. The molecule has 1 saturated carbocycles. The van der Waals surface area contributed by atoms with E-state index in [0.717, 1.165) is 12.8 Å². The predicted octanol–water partition coefficient (Wildman–Crippen LogP) is 2.59. The topological polar surface area (TPSA) is 58.2 Å². The minimum atomic E-state index is -3.41. The molecule has 1 aromatic carbocycles. The van der Waals surface area contributed by atoms with Crippen molar-refractivity contribution in [2.45, 2.75) is 43.5 Å². The lowest BCUT2D eigenvalue weighted by molar-refractivity contribution is 0.358. The lowest BCUT2D eigenvalue weighted by Gasteiger charge is -2.29. The molecule has 2 unspecified atom stereocenters. The Morgan fingerprint density at radius 1 is 1.21 bits per heavy atom. The van der Waals surface area contributed by atoms with Gasteiger partial charge in [-0.05, 0) is 37.9 Å². The second-order valence-corrected chi connectivity index (χ2v) is 7.17. The van der Waals surface area contributed by atoms with Gasteiger partial charge in [0.2, 0.25) is 10.0 Å². The zero-order valence-corrected chi connectivity index (χ0v) is 12.3. The highest BCUT2D eigenvalue weighted by atomic mass is 32.2. The maximum atomic E-state index is 12.0. The molecule has 2 atom stereocenters. The van der Waals surface area contributed by atoms with Crippen LogP contribution in [0.3, 0.4) is 0 Å². The molecule has 0 spiro atoms. The van der Waals surface area contributed by atoms with Gasteiger partial charge in [0.1, 0.15) is 4.90 Å². The second-order valence-electron chi connectivity index (χ2n) is 5.32. The first-order valence-electron chi connectivity index (χ1n) is 6.82. The minimum Gasteiger partial charge on any atom is -0.381 e. The van der Waals surface area contributed by atoms with Crippen LogP contribution in [0.4, 0.5) is 5.69 Å². The van der Waals surface area contributed by atoms with Crippen molar-refractivity contribution in [2.24, 2.45) is 5.92 Å². The summed E-state index contributed by atoms with van der Waals surface area (Å²) in [4.78, 5) is 0.329. The summed E-state index contributed by atoms with van der Waals surface area (Å²) in [6.45, 7) is 2.25. The molecular weight excluding hydrogens is 260 g/mol. The predicted molar refractivity (Wildman–Crippen MR) is 77.7 cm³/mol. The molecule has 0 saturated heterocycles. The largest absolute Gasteiger partial charge is 0.381 e. The van der Waals surface area contributed by atoms with E-state index in [2.05, 4.69) is 17.0 Å². The standard InChI is InChI=1S/C14H22N2O2S/c1-11-6-5-7-12(10-11)16-13-8-3-4-9-14(13)19(17,18)15-2/h3-4,8-9,11-12,15-16H,5-7,10H2,1-2H3. The van der Waals surface area contributed by atoms with E-state index in [9.17, 15) is 8.42 Å². The third kappa shape index (κ3) is 3.48. The molecule has 0 radical (unpaired) electrons. The van der Waals surface area contributed by atoms with Gasteiger partial charge in [-0.3, -0.25) is 0 Å². The van der Waals surface area contributed by atoms with Gasteiger partial charge >= 0.3 is 0 Å². The van der Waals surface area contributed by atoms with E-state index in [1.807, 2.05) is 12.1 Å². The van der Waals surface area contributed by atoms with Crippen molar-refractivity contribution in [2.75, 3.05) is 12.4 Å². The molecule has 2 rings (SSSR count). The summed E-state index contributed by atoms with van der Waals surface area (Å²) in [5.41, 5.74) is 0.705. The van der Waals surface area contributed by atoms with Gasteiger partial charge in [0, 0.05) is 6.04 Å². The van der Waals surface area contributed by atoms with E-state index in [1.165, 1.54) is 19.9 Å². The maximum absolute atomic E-state index is 12.0. The Bertz CT molecular complexity index is 528. The molecule has 19 heavy (non-hydrogen) atoms. The number of anilines is 1. The van der Waals surface area contributed by atoms with Crippen molar-refractivity contribution >= 4 is 15.7 Å². The van der Waals surface area contributed by atoms with Gasteiger partial charge in [-0.1, -0.05) is 31.9 Å². The Morgan fingerprint density at radius 3 is 2.63 bits per heavy atom. The van der Waals surface area contributed by atoms with Crippen molar-refractivity contribution in [3.05, 3.63) is 24.3 Å². The van der Waals surface area contributed by atoms with Crippen LogP contribution in [0.25, 0.3) is 0 Å². The lowest BCUT2D eigenvalue weighted by atomic mass is 9.87. The zero-order valence-electron chi connectivity index (χ0n) is 11.5. The average molecular weight is 282 g/mol. The Balaban J connectivity index is 2.21. The SMILES string of the molecule is CNS(=O)(=O)c1ccccc1NC1CCCC(C)C1. The summed E-state index contributed by atoms with van der Waals surface area (Å²) in [6, 6.07) is 7.46. The quantitative estimate of drug-likeness (QED) is 0.892. The van der Waals surface area contributed by atoms with Gasteiger partial charge in [0.05, 0.1) is 5.69 Å². The Labute approximate surface area is 115 Å². The monoisotopic (exact) mass is 282 g/mol. The molecule has 0 bridgehead atoms. The van der Waals surface area contributed by atoms with Crippen LogP contribution in [-0.4, -0.2) is 21.5 Å². The normalized spacial score (nSPS) is 24.1. The van der Waals surface area contributed by atoms with Crippen molar-refractivity contribution in [3.63, 3.8) is 0 Å². The van der Waals surface area contributed by atoms with Crippen LogP contribution < -0.4 is 10.0 Å². The number of hydrogen-bond donors (Lipinski definition) is 2. The first kappa shape index (κ1) is 14.3. The molecular formula is C14H22N2O2S. The number of rotatable bonds is 4. The molecule has 5 heteroatoms. The highest BCUT2D eigenvalue weighted by Crippen LogP contribution is 2.28. The van der Waals surface area contributed by atoms with Crippen LogP contribution in [0.5, 0.6) is 0 Å². The number of benzene rings is 1. The van der Waals surface area contributed by atoms with Crippen LogP contribution in [0.2, 0.25) is 0 Å². The van der Waals surface area contributed by atoms with Gasteiger partial charge in [0.25, 0.3) is 0 Å². The van der Waals surface area contributed by atoms with E-state index in [4.69, 9.17) is 0 Å². The first-order chi connectivity index (χ1) is 9.03. The smallest absolute Gasteiger partial charge is 0.242 e. The molecule has 1 aliphatic carbocycles. The Hall–Kier alpha value is -1.07. The summed E-state index contributed by atoms with van der Waals surface area (Å²) in [6.07, 6.45) is 4.70. The molecule has 0 heterocycles. The van der Waals surface area contributed by atoms with E-state index >= 15 is 0 Å². The van der Waals surface area contributed by atoms with Crippen LogP contribution >= 0.6 is 0 Å². The summed E-state index contributed by atoms with van der Waals surface area (Å²) in [5.74, 6) is 0.708. The minimum absolute atomic E-state index is 0.329. The fourth-order valence-electron chi connectivity index (χ4n) is 2.72. The molecule has 1 fully saturated rings. The maximum Gasteiger partial charge on any atom is 0.242 e. The van der Waals surface area contributed by atoms with Crippen molar-refractivity contribution in [1.29, 1.82) is 0 Å². The van der Waals surface area contributed by atoms with Crippen molar-refractivity contribution < 1.29 is 8.42 Å². The van der Waals surface area contributed by atoms with Gasteiger partial charge in [0.15, 0.2) is 0 Å². The van der Waals surface area contributed by atoms with E-state index in [1.54, 1.807) is 12.1 Å². The van der Waals surface area contributed by atoms with Crippen LogP contribution in [0, 0.1) is 5.92 Å². The Morgan fingerprint density at radius 2 is 1.95 bits per heavy atom. The van der Waals surface area contributed by atoms with Crippen molar-refractivity contribution in [3.8, 4) is 0 Å². The lowest BCUT2D eigenvalue weighted by Crippen LogP contribution is -2.28. The van der Waals surface area contributed by atoms with Crippen LogP contribution in [0.15, 0.2) is 29.2 Å². The van der Waals surface area contributed by atoms with E-state index in [-0.39, 0.29) is 0 Å². The molecule has 106 valence electrons. The molecule has 4 nitrogen and oxygen atoms in total. The van der Waals surface area contributed by atoms with Crippen molar-refractivity contribution in [1.82, 2.24) is 4.72 Å². The number of para-hydroxylation sites is 1. The summed E-state index contributed by atoms with van der Waals surface area (Å²) < 4.78 is 26.3. The average Bonchev–Trinajstić information content (AvgIpc) is 2.39. The van der Waals surface area contributed by atoms with Gasteiger partial charge in [-0.2, -0.15) is 0 Å². The number of nitrogens with one attached hydrogen (secondary N) is 2. The van der Waals surface area contributed by atoms with E-state index < -0.39 is 10.0 Å². The Kier molecular flexibility index (Phi) is 4.47. The first-order valence-corrected chi connectivity index (χ1v) is 8.30. The molecule has 1 aliphatic rings. The molecule has 0 amide bonds. The molecule has 2 N–H and O–H groups in total. The van der Waals surface area contributed by atoms with E-state index in [0.29, 0.717) is 22.5 Å². The van der Waals surface area contributed by atoms with Crippen LogP contribution in [-0.2, 0) is 10.0 Å². The summed E-state index contributed by atoms with van der Waals surface area (Å²) in [7, 11) is -1.97. The summed E-state index contributed by atoms with van der Waals surface area (Å²) in [5, 5.41) is 3.40.